The average molecular weight is 431 g/mol. The van der Waals surface area contributed by atoms with Crippen molar-refractivity contribution >= 4 is 40.5 Å². The molecule has 0 aliphatic heterocycles. The molecule has 0 saturated carbocycles. The zero-order valence-electron chi connectivity index (χ0n) is 15.5. The molecule has 0 fully saturated rings. The van der Waals surface area contributed by atoms with Crippen molar-refractivity contribution in [2.75, 3.05) is 30.4 Å². The zero-order valence-corrected chi connectivity index (χ0v) is 17.0. The monoisotopic (exact) mass is 430 g/mol. The Hall–Kier alpha value is -2.89. The highest BCUT2D eigenvalue weighted by Gasteiger charge is 2.08. The summed E-state index contributed by atoms with van der Waals surface area (Å²) in [5.74, 6) is 1.25. The third kappa shape index (κ3) is 6.59. The maximum Gasteiger partial charge on any atom is 0.243 e. The Morgan fingerprint density at radius 3 is 2.31 bits per heavy atom. The normalized spacial score (nSPS) is 10.3. The second-order valence-corrected chi connectivity index (χ2v) is 6.83. The van der Waals surface area contributed by atoms with Crippen LogP contribution in [0, 0.1) is 0 Å². The highest BCUT2D eigenvalue weighted by molar-refractivity contribution is 6.44. The van der Waals surface area contributed by atoms with Crippen LogP contribution in [0.15, 0.2) is 72.8 Å². The van der Waals surface area contributed by atoms with Gasteiger partial charge in [-0.25, -0.2) is 0 Å². The number of amides is 1. The molecular formula is C22H20Cl2N2O3. The minimum Gasteiger partial charge on any atom is -0.490 e. The number of rotatable bonds is 9. The summed E-state index contributed by atoms with van der Waals surface area (Å²) in [4.78, 5) is 12.2. The second kappa shape index (κ2) is 10.6. The number of anilines is 2. The summed E-state index contributed by atoms with van der Waals surface area (Å²) >= 11 is 12.0. The van der Waals surface area contributed by atoms with Gasteiger partial charge in [0, 0.05) is 11.8 Å². The SMILES string of the molecule is O=C(CNc1cccc(OCCOc2ccccc2)c1)Nc1cccc(Cl)c1Cl. The minimum absolute atomic E-state index is 0.0728. The van der Waals surface area contributed by atoms with Gasteiger partial charge in [-0.15, -0.1) is 0 Å². The van der Waals surface area contributed by atoms with Gasteiger partial charge in [0.1, 0.15) is 24.7 Å². The van der Waals surface area contributed by atoms with Crippen molar-refractivity contribution in [1.29, 1.82) is 0 Å². The first-order valence-electron chi connectivity index (χ1n) is 9.00. The molecule has 2 N–H and O–H groups in total. The Morgan fingerprint density at radius 1 is 0.828 bits per heavy atom. The van der Waals surface area contributed by atoms with E-state index in [-0.39, 0.29) is 12.5 Å². The molecule has 0 aliphatic rings. The van der Waals surface area contributed by atoms with Crippen LogP contribution in [0.5, 0.6) is 11.5 Å². The van der Waals surface area contributed by atoms with Crippen molar-refractivity contribution in [3.63, 3.8) is 0 Å². The molecule has 29 heavy (non-hydrogen) atoms. The molecule has 3 aromatic carbocycles. The third-order valence-corrected chi connectivity index (χ3v) is 4.70. The van der Waals surface area contributed by atoms with E-state index >= 15 is 0 Å². The fraction of sp³-hybridized carbons (Fsp3) is 0.136. The topological polar surface area (TPSA) is 59.6 Å². The summed E-state index contributed by atoms with van der Waals surface area (Å²) in [7, 11) is 0. The molecule has 0 spiro atoms. The van der Waals surface area contributed by atoms with Gasteiger partial charge >= 0.3 is 0 Å². The quantitative estimate of drug-likeness (QED) is 0.439. The molecule has 0 unspecified atom stereocenters. The Bertz CT molecular complexity index is 952. The molecular weight excluding hydrogens is 411 g/mol. The third-order valence-electron chi connectivity index (χ3n) is 3.88. The fourth-order valence-electron chi connectivity index (χ4n) is 2.51. The largest absolute Gasteiger partial charge is 0.490 e. The number of hydrogen-bond donors (Lipinski definition) is 2. The molecule has 0 bridgehead atoms. The molecule has 3 rings (SSSR count). The van der Waals surface area contributed by atoms with E-state index in [1.54, 1.807) is 18.2 Å². The van der Waals surface area contributed by atoms with Crippen LogP contribution in [0.4, 0.5) is 11.4 Å². The van der Waals surface area contributed by atoms with Crippen LogP contribution in [0.2, 0.25) is 10.0 Å². The molecule has 5 nitrogen and oxygen atoms in total. The first-order chi connectivity index (χ1) is 14.1. The lowest BCUT2D eigenvalue weighted by molar-refractivity contribution is -0.114. The lowest BCUT2D eigenvalue weighted by Crippen LogP contribution is -2.22. The van der Waals surface area contributed by atoms with E-state index in [1.165, 1.54) is 0 Å². The van der Waals surface area contributed by atoms with Crippen LogP contribution in [-0.2, 0) is 4.79 Å². The van der Waals surface area contributed by atoms with Gasteiger partial charge in [-0.3, -0.25) is 4.79 Å². The van der Waals surface area contributed by atoms with E-state index in [1.807, 2.05) is 54.6 Å². The van der Waals surface area contributed by atoms with Crippen molar-refractivity contribution in [3.8, 4) is 11.5 Å². The number of benzene rings is 3. The van der Waals surface area contributed by atoms with Crippen molar-refractivity contribution in [3.05, 3.63) is 82.8 Å². The van der Waals surface area contributed by atoms with Crippen LogP contribution < -0.4 is 20.1 Å². The van der Waals surface area contributed by atoms with Crippen molar-refractivity contribution < 1.29 is 14.3 Å². The fourth-order valence-corrected chi connectivity index (χ4v) is 2.86. The van der Waals surface area contributed by atoms with E-state index in [0.717, 1.165) is 11.4 Å². The van der Waals surface area contributed by atoms with Crippen LogP contribution >= 0.6 is 23.2 Å². The highest BCUT2D eigenvalue weighted by Crippen LogP contribution is 2.29. The zero-order chi connectivity index (χ0) is 20.5. The van der Waals surface area contributed by atoms with Gasteiger partial charge < -0.3 is 20.1 Å². The van der Waals surface area contributed by atoms with Crippen molar-refractivity contribution in [2.45, 2.75) is 0 Å². The van der Waals surface area contributed by atoms with Gasteiger partial charge in [0.25, 0.3) is 0 Å². The van der Waals surface area contributed by atoms with Crippen LogP contribution in [0.3, 0.4) is 0 Å². The summed E-state index contributed by atoms with van der Waals surface area (Å²) in [5, 5.41) is 6.49. The molecule has 1 amide bonds. The van der Waals surface area contributed by atoms with Crippen LogP contribution in [-0.4, -0.2) is 25.7 Å². The van der Waals surface area contributed by atoms with Gasteiger partial charge in [-0.1, -0.05) is 53.5 Å². The molecule has 7 heteroatoms. The predicted octanol–water partition coefficient (Wildman–Crippen LogP) is 5.50. The second-order valence-electron chi connectivity index (χ2n) is 6.04. The molecule has 0 heterocycles. The predicted molar refractivity (Wildman–Crippen MR) is 117 cm³/mol. The maximum atomic E-state index is 12.2. The van der Waals surface area contributed by atoms with Gasteiger partial charge in [0.05, 0.1) is 22.3 Å². The Morgan fingerprint density at radius 2 is 1.52 bits per heavy atom. The van der Waals surface area contributed by atoms with E-state index < -0.39 is 0 Å². The lowest BCUT2D eigenvalue weighted by Gasteiger charge is -2.11. The summed E-state index contributed by atoms with van der Waals surface area (Å²) < 4.78 is 11.3. The van der Waals surface area contributed by atoms with Gasteiger partial charge in [0.15, 0.2) is 0 Å². The van der Waals surface area contributed by atoms with Crippen molar-refractivity contribution in [1.82, 2.24) is 0 Å². The highest BCUT2D eigenvalue weighted by atomic mass is 35.5. The van der Waals surface area contributed by atoms with Gasteiger partial charge in [0.2, 0.25) is 5.91 Å². The van der Waals surface area contributed by atoms with Gasteiger partial charge in [-0.2, -0.15) is 0 Å². The number of para-hydroxylation sites is 1. The summed E-state index contributed by atoms with van der Waals surface area (Å²) in [6, 6.07) is 22.0. The standard InChI is InChI=1S/C22H20Cl2N2O3/c23-19-10-5-11-20(22(19)24)26-21(27)15-25-16-6-4-9-18(14-16)29-13-12-28-17-7-2-1-3-8-17/h1-11,14,25H,12-13,15H2,(H,26,27). The molecule has 0 atom stereocenters. The number of ether oxygens (including phenoxy) is 2. The molecule has 3 aromatic rings. The smallest absolute Gasteiger partial charge is 0.243 e. The Labute approximate surface area is 179 Å². The molecule has 0 saturated heterocycles. The maximum absolute atomic E-state index is 12.2. The number of hydrogen-bond acceptors (Lipinski definition) is 4. The van der Waals surface area contributed by atoms with E-state index in [4.69, 9.17) is 32.7 Å². The number of carbonyl (C=O) groups is 1. The summed E-state index contributed by atoms with van der Waals surface area (Å²) in [6.45, 7) is 0.917. The summed E-state index contributed by atoms with van der Waals surface area (Å²) in [5.41, 5.74) is 1.24. The molecule has 0 aliphatic carbocycles. The van der Waals surface area contributed by atoms with Gasteiger partial charge in [-0.05, 0) is 36.4 Å². The lowest BCUT2D eigenvalue weighted by atomic mass is 10.3. The molecule has 150 valence electrons. The average Bonchev–Trinajstić information content (AvgIpc) is 2.74. The Kier molecular flexibility index (Phi) is 7.61. The first-order valence-corrected chi connectivity index (χ1v) is 9.76. The molecule has 0 aromatic heterocycles. The molecule has 0 radical (unpaired) electrons. The first kappa shape index (κ1) is 20.8. The summed E-state index contributed by atoms with van der Waals surface area (Å²) in [6.07, 6.45) is 0. The van der Waals surface area contributed by atoms with E-state index in [9.17, 15) is 4.79 Å². The van der Waals surface area contributed by atoms with Crippen LogP contribution in [0.1, 0.15) is 0 Å². The van der Waals surface area contributed by atoms with E-state index in [0.29, 0.717) is 34.7 Å². The minimum atomic E-state index is -0.239. The van der Waals surface area contributed by atoms with E-state index in [2.05, 4.69) is 10.6 Å². The number of halogens is 2. The van der Waals surface area contributed by atoms with Crippen molar-refractivity contribution in [2.24, 2.45) is 0 Å². The Balaban J connectivity index is 1.44. The number of nitrogens with one attached hydrogen (secondary N) is 2. The number of carbonyl (C=O) groups excluding carboxylic acids is 1. The van der Waals surface area contributed by atoms with Crippen LogP contribution in [0.25, 0.3) is 0 Å².